The molecule has 4 aliphatic rings. The van der Waals surface area contributed by atoms with Gasteiger partial charge in [0.1, 0.15) is 12.2 Å². The van der Waals surface area contributed by atoms with Crippen molar-refractivity contribution in [2.45, 2.75) is 224 Å². The van der Waals surface area contributed by atoms with E-state index in [1.165, 1.54) is 0 Å². The topological polar surface area (TPSA) is 90.9 Å². The van der Waals surface area contributed by atoms with Crippen molar-refractivity contribution in [3.63, 3.8) is 0 Å². The van der Waals surface area contributed by atoms with Crippen LogP contribution in [0, 0.1) is 47.3 Å². The Hall–Kier alpha value is -1.53. The summed E-state index contributed by atoms with van der Waals surface area (Å²) in [6.45, 7) is 43.2. The quantitative estimate of drug-likeness (QED) is 0.178. The fourth-order valence-electron chi connectivity index (χ4n) is 7.53. The Morgan fingerprint density at radius 3 is 1.12 bits per heavy atom. The van der Waals surface area contributed by atoms with E-state index in [4.69, 9.17) is 37.3 Å². The van der Waals surface area contributed by atoms with Crippen LogP contribution in [0.2, 0.25) is 13.1 Å². The molecule has 0 spiro atoms. The van der Waals surface area contributed by atoms with Crippen molar-refractivity contribution in [1.82, 2.24) is 0 Å². The summed E-state index contributed by atoms with van der Waals surface area (Å²) in [6, 6.07) is 10.2. The van der Waals surface area contributed by atoms with Gasteiger partial charge in [-0.2, -0.15) is 0 Å². The van der Waals surface area contributed by atoms with E-state index < -0.39 is 20.5 Å². The Morgan fingerprint density at radius 1 is 0.475 bits per heavy atom. The number of carbonyl (C=O) groups is 1. The van der Waals surface area contributed by atoms with Crippen LogP contribution in [0.15, 0.2) is 30.3 Å². The second kappa shape index (κ2) is 24.3. The van der Waals surface area contributed by atoms with E-state index in [0.29, 0.717) is 71.8 Å². The van der Waals surface area contributed by atoms with E-state index in [-0.39, 0.29) is 30.7 Å². The first-order valence-electron chi connectivity index (χ1n) is 23.2. The van der Waals surface area contributed by atoms with Crippen molar-refractivity contribution in [3.8, 4) is 0 Å². The second-order valence-electron chi connectivity index (χ2n) is 21.0. The molecule has 9 nitrogen and oxygen atoms in total. The zero-order valence-electron chi connectivity index (χ0n) is 41.2. The van der Waals surface area contributed by atoms with Crippen LogP contribution in [-0.2, 0) is 37.3 Å². The van der Waals surface area contributed by atoms with Crippen molar-refractivity contribution in [2.24, 2.45) is 47.3 Å². The summed E-state index contributed by atoms with van der Waals surface area (Å²) < 4.78 is 46.2. The Morgan fingerprint density at radius 2 is 0.780 bits per heavy atom. The Balaban J connectivity index is 0.000000274. The second-order valence-corrected chi connectivity index (χ2v) is 24.2. The predicted octanol–water partition coefficient (Wildman–Crippen LogP) is 13.1. The zero-order valence-corrected chi connectivity index (χ0v) is 42.2. The normalized spacial score (nSPS) is 30.6. The van der Waals surface area contributed by atoms with Gasteiger partial charge in [0.15, 0.2) is 12.1 Å². The number of rotatable bonds is 9. The maximum atomic E-state index is 11.0. The van der Waals surface area contributed by atoms with Crippen LogP contribution < -0.4 is 0 Å². The summed E-state index contributed by atoms with van der Waals surface area (Å²) in [5, 5.41) is 0. The highest BCUT2D eigenvalue weighted by Gasteiger charge is 2.41. The number of cyclic esters (lactones) is 2. The van der Waals surface area contributed by atoms with E-state index in [2.05, 4.69) is 136 Å². The summed E-state index contributed by atoms with van der Waals surface area (Å²) in [5.74, 6) is 3.73. The summed E-state index contributed by atoms with van der Waals surface area (Å²) in [4.78, 5) is 11.0. The molecule has 0 saturated carbocycles. The fourth-order valence-corrected chi connectivity index (χ4v) is 9.78. The van der Waals surface area contributed by atoms with Gasteiger partial charge in [0, 0.05) is 24.8 Å². The molecule has 0 radical (unpaired) electrons. The number of ether oxygens (including phenoxy) is 6. The Bertz CT molecular complexity index is 1200. The van der Waals surface area contributed by atoms with Gasteiger partial charge in [-0.25, -0.2) is 4.79 Å². The molecule has 0 aliphatic carbocycles. The third kappa shape index (κ3) is 18.8. The first kappa shape index (κ1) is 53.6. The van der Waals surface area contributed by atoms with Crippen LogP contribution in [0.3, 0.4) is 0 Å². The van der Waals surface area contributed by atoms with Gasteiger partial charge < -0.3 is 37.3 Å². The van der Waals surface area contributed by atoms with Crippen LogP contribution in [0.5, 0.6) is 0 Å². The zero-order chi connectivity index (χ0) is 45.0. The van der Waals surface area contributed by atoms with E-state index >= 15 is 0 Å². The van der Waals surface area contributed by atoms with E-state index in [9.17, 15) is 4.79 Å². The molecule has 4 heterocycles. The lowest BCUT2D eigenvalue weighted by molar-refractivity contribution is -0.312. The third-order valence-electron chi connectivity index (χ3n) is 11.7. The molecule has 0 N–H and O–H groups in total. The summed E-state index contributed by atoms with van der Waals surface area (Å²) >= 11 is 0. The van der Waals surface area contributed by atoms with Gasteiger partial charge in [-0.15, -0.1) is 0 Å². The SMILES string of the molecule is CC(C)[C@@H]1C[C@H](C(C)C)OC(=O)O1.CC(C)[C@@H]1C[C@H](C(C)C)OC(C)(C)O1.CC(C)[C@@H]1C[C@H](C(C)C)OC(c2ccccc2)O1.CC(C)[C@@H]1C[C@H](C(C)C)O[Si](C)(C)O1. The van der Waals surface area contributed by atoms with E-state index in [1.807, 2.05) is 32.0 Å². The minimum absolute atomic E-state index is 0.0219. The van der Waals surface area contributed by atoms with Crippen molar-refractivity contribution in [2.75, 3.05) is 0 Å². The van der Waals surface area contributed by atoms with Crippen LogP contribution in [-0.4, -0.2) is 69.3 Å². The molecule has 0 amide bonds. The molecule has 0 aromatic heterocycles. The molecular formula is C49H90O9Si. The highest BCUT2D eigenvalue weighted by Crippen LogP contribution is 2.36. The van der Waals surface area contributed by atoms with Crippen LogP contribution in [0.4, 0.5) is 4.79 Å². The molecule has 1 aromatic rings. The van der Waals surface area contributed by atoms with Crippen molar-refractivity contribution in [1.29, 1.82) is 0 Å². The Kier molecular flexibility index (Phi) is 22.1. The van der Waals surface area contributed by atoms with E-state index in [0.717, 1.165) is 31.2 Å². The monoisotopic (exact) mass is 851 g/mol. The van der Waals surface area contributed by atoms with Crippen LogP contribution >= 0.6 is 0 Å². The van der Waals surface area contributed by atoms with Gasteiger partial charge in [0.25, 0.3) is 0 Å². The predicted molar refractivity (Wildman–Crippen MR) is 242 cm³/mol. The smallest absolute Gasteiger partial charge is 0.431 e. The van der Waals surface area contributed by atoms with Gasteiger partial charge in [-0.3, -0.25) is 0 Å². The third-order valence-corrected chi connectivity index (χ3v) is 13.5. The van der Waals surface area contributed by atoms with Gasteiger partial charge in [-0.1, -0.05) is 141 Å². The Labute approximate surface area is 363 Å². The first-order valence-corrected chi connectivity index (χ1v) is 26.0. The summed E-state index contributed by atoms with van der Waals surface area (Å²) in [7, 11) is -1.84. The molecule has 4 aliphatic heterocycles. The number of hydrogen-bond donors (Lipinski definition) is 0. The molecule has 4 saturated heterocycles. The number of hydrogen-bond acceptors (Lipinski definition) is 9. The molecule has 344 valence electrons. The maximum Gasteiger partial charge on any atom is 0.508 e. The number of benzene rings is 1. The molecule has 10 heteroatoms. The standard InChI is InChI=1S/C16H24O2.C12H24O2.C11H24O2Si.C10H18O3/c1-11(2)14-10-15(12(3)4)18-16(17-14)13-8-6-5-7-9-13;1-8(2)10-7-11(9(3)4)14-12(5,6)13-10;1-8(2)10-7-11(9(3)4)13-14(5,6)12-10;1-6(2)8-5-9(7(3)4)13-10(11)12-8/h5-9,11-12,14-16H,10H2,1-4H3;2*8-11H,7H2,1-6H3;6-9H,5H2,1-4H3/t14-,15+,16?;2*10-,11+;8-,9+. The van der Waals surface area contributed by atoms with Crippen LogP contribution in [0.25, 0.3) is 0 Å². The number of carbonyl (C=O) groups excluding carboxylic acids is 1. The summed E-state index contributed by atoms with van der Waals surface area (Å²) in [5.41, 5.74) is 1.12. The fraction of sp³-hybridized carbons (Fsp3) is 0.857. The lowest BCUT2D eigenvalue weighted by atomic mass is 9.93. The average Bonchev–Trinajstić information content (AvgIpc) is 3.14. The molecule has 4 fully saturated rings. The minimum atomic E-state index is -1.84. The van der Waals surface area contributed by atoms with Gasteiger partial charge >= 0.3 is 14.7 Å². The lowest BCUT2D eigenvalue weighted by Crippen LogP contribution is -2.51. The van der Waals surface area contributed by atoms with Crippen molar-refractivity contribution in [3.05, 3.63) is 35.9 Å². The van der Waals surface area contributed by atoms with Crippen molar-refractivity contribution < 1.29 is 42.1 Å². The summed E-state index contributed by atoms with van der Waals surface area (Å²) in [6.07, 6.45) is 5.29. The minimum Gasteiger partial charge on any atom is -0.431 e. The molecule has 1 aromatic carbocycles. The maximum absolute atomic E-state index is 11.0. The molecular weight excluding hydrogens is 761 g/mol. The molecule has 0 bridgehead atoms. The highest BCUT2D eigenvalue weighted by molar-refractivity contribution is 6.64. The first-order chi connectivity index (χ1) is 27.2. The lowest BCUT2D eigenvalue weighted by Gasteiger charge is -2.43. The van der Waals surface area contributed by atoms with E-state index in [1.54, 1.807) is 0 Å². The molecule has 5 rings (SSSR count). The largest absolute Gasteiger partial charge is 0.508 e. The van der Waals surface area contributed by atoms with Gasteiger partial charge in [-0.05, 0) is 80.7 Å². The average molecular weight is 851 g/mol. The molecule has 1 unspecified atom stereocenters. The molecule has 9 atom stereocenters. The highest BCUT2D eigenvalue weighted by atomic mass is 28.4. The van der Waals surface area contributed by atoms with Crippen molar-refractivity contribution >= 4 is 14.7 Å². The van der Waals surface area contributed by atoms with Gasteiger partial charge in [0.05, 0.1) is 36.6 Å². The van der Waals surface area contributed by atoms with Crippen LogP contribution in [0.1, 0.15) is 162 Å². The van der Waals surface area contributed by atoms with Gasteiger partial charge in [0.2, 0.25) is 0 Å². The molecule has 59 heavy (non-hydrogen) atoms.